The molecule has 0 amide bonds. The van der Waals surface area contributed by atoms with Crippen molar-refractivity contribution in [3.63, 3.8) is 0 Å². The van der Waals surface area contributed by atoms with Gasteiger partial charge < -0.3 is 9.84 Å². The highest BCUT2D eigenvalue weighted by atomic mass is 16.5. The summed E-state index contributed by atoms with van der Waals surface area (Å²) in [6.07, 6.45) is 4.88. The van der Waals surface area contributed by atoms with Crippen LogP contribution in [0.5, 0.6) is 5.75 Å². The number of phenolic OH excluding ortho intramolecular Hbond substituents is 1. The number of aromatic hydroxyl groups is 1. The van der Waals surface area contributed by atoms with E-state index in [0.717, 1.165) is 36.8 Å². The lowest BCUT2D eigenvalue weighted by Gasteiger charge is -2.16. The molecule has 0 spiro atoms. The first kappa shape index (κ1) is 15.5. The van der Waals surface area contributed by atoms with Gasteiger partial charge in [0.2, 0.25) is 0 Å². The lowest BCUT2D eigenvalue weighted by molar-refractivity contribution is -0.145. The van der Waals surface area contributed by atoms with Gasteiger partial charge in [-0.2, -0.15) is 0 Å². The predicted molar refractivity (Wildman–Crippen MR) is 76.2 cm³/mol. The smallest absolute Gasteiger partial charge is 0.308 e. The third-order valence-electron chi connectivity index (χ3n) is 3.48. The Bertz CT molecular complexity index is 412. The van der Waals surface area contributed by atoms with Crippen LogP contribution in [0.15, 0.2) is 18.2 Å². The van der Waals surface area contributed by atoms with E-state index in [1.54, 1.807) is 12.1 Å². The highest BCUT2D eigenvalue weighted by molar-refractivity contribution is 5.72. The van der Waals surface area contributed by atoms with Crippen molar-refractivity contribution in [2.45, 2.75) is 46.0 Å². The molecule has 0 saturated heterocycles. The minimum atomic E-state index is -0.136. The van der Waals surface area contributed by atoms with Crippen molar-refractivity contribution in [2.24, 2.45) is 5.92 Å². The molecule has 0 aliphatic carbocycles. The van der Waals surface area contributed by atoms with E-state index in [2.05, 4.69) is 6.92 Å². The summed E-state index contributed by atoms with van der Waals surface area (Å²) in [6.45, 7) is 4.10. The zero-order valence-corrected chi connectivity index (χ0v) is 12.1. The molecule has 3 nitrogen and oxygen atoms in total. The molecule has 0 bridgehead atoms. The molecule has 1 aromatic rings. The number of hydrogen-bond acceptors (Lipinski definition) is 3. The standard InChI is InChI=1S/C16H24O3/c1-4-5-6-7-14(16(18)19-3)11-13-8-9-15(17)10-12(13)2/h8-10,14,17H,4-7,11H2,1-3H3/t14-/m0/s1. The largest absolute Gasteiger partial charge is 0.508 e. The summed E-state index contributed by atoms with van der Waals surface area (Å²) < 4.78 is 4.89. The van der Waals surface area contributed by atoms with Crippen LogP contribution in [-0.2, 0) is 16.0 Å². The molecule has 1 rings (SSSR count). The molecule has 0 unspecified atom stereocenters. The fourth-order valence-corrected chi connectivity index (χ4v) is 2.29. The SMILES string of the molecule is CCCCC[C@@H](Cc1ccc(O)cc1C)C(=O)OC. The summed E-state index contributed by atoms with van der Waals surface area (Å²) in [4.78, 5) is 11.8. The van der Waals surface area contributed by atoms with Crippen LogP contribution in [0.2, 0.25) is 0 Å². The molecule has 19 heavy (non-hydrogen) atoms. The molecule has 0 saturated carbocycles. The molecular formula is C16H24O3. The van der Waals surface area contributed by atoms with Crippen molar-refractivity contribution >= 4 is 5.97 Å². The number of carbonyl (C=O) groups is 1. The normalized spacial score (nSPS) is 12.2. The number of carbonyl (C=O) groups excluding carboxylic acids is 1. The molecule has 0 fully saturated rings. The average Bonchev–Trinajstić information content (AvgIpc) is 2.39. The summed E-state index contributed by atoms with van der Waals surface area (Å²) in [6, 6.07) is 5.29. The number of hydrogen-bond donors (Lipinski definition) is 1. The number of aryl methyl sites for hydroxylation is 1. The number of benzene rings is 1. The number of esters is 1. The summed E-state index contributed by atoms with van der Waals surface area (Å²) >= 11 is 0. The Morgan fingerprint density at radius 3 is 2.68 bits per heavy atom. The Balaban J connectivity index is 2.72. The second-order valence-electron chi connectivity index (χ2n) is 5.03. The Labute approximate surface area is 115 Å². The van der Waals surface area contributed by atoms with Crippen LogP contribution in [0.4, 0.5) is 0 Å². The van der Waals surface area contributed by atoms with E-state index < -0.39 is 0 Å². The van der Waals surface area contributed by atoms with Crippen molar-refractivity contribution in [1.29, 1.82) is 0 Å². The van der Waals surface area contributed by atoms with Gasteiger partial charge in [0.25, 0.3) is 0 Å². The van der Waals surface area contributed by atoms with Gasteiger partial charge in [-0.1, -0.05) is 32.3 Å². The zero-order valence-electron chi connectivity index (χ0n) is 12.1. The van der Waals surface area contributed by atoms with E-state index >= 15 is 0 Å². The molecule has 0 heterocycles. The van der Waals surface area contributed by atoms with E-state index in [1.165, 1.54) is 7.11 Å². The number of phenols is 1. The molecule has 3 heteroatoms. The van der Waals surface area contributed by atoms with Gasteiger partial charge in [0.15, 0.2) is 0 Å². The quantitative estimate of drug-likeness (QED) is 0.604. The van der Waals surface area contributed by atoms with Crippen molar-refractivity contribution in [2.75, 3.05) is 7.11 Å². The summed E-state index contributed by atoms with van der Waals surface area (Å²) in [5, 5.41) is 9.41. The zero-order chi connectivity index (χ0) is 14.3. The molecule has 0 aromatic heterocycles. The molecule has 1 aromatic carbocycles. The third kappa shape index (κ3) is 4.93. The summed E-state index contributed by atoms with van der Waals surface area (Å²) in [5.41, 5.74) is 2.12. The number of methoxy groups -OCH3 is 1. The van der Waals surface area contributed by atoms with Gasteiger partial charge in [-0.05, 0) is 43.0 Å². The van der Waals surface area contributed by atoms with Crippen LogP contribution in [0.1, 0.15) is 43.7 Å². The van der Waals surface area contributed by atoms with Gasteiger partial charge >= 0.3 is 5.97 Å². The van der Waals surface area contributed by atoms with Crippen molar-refractivity contribution in [3.8, 4) is 5.75 Å². The maximum absolute atomic E-state index is 11.8. The number of rotatable bonds is 7. The summed E-state index contributed by atoms with van der Waals surface area (Å²) in [7, 11) is 1.44. The van der Waals surface area contributed by atoms with Crippen molar-refractivity contribution in [1.82, 2.24) is 0 Å². The Hall–Kier alpha value is -1.51. The fourth-order valence-electron chi connectivity index (χ4n) is 2.29. The second-order valence-corrected chi connectivity index (χ2v) is 5.03. The third-order valence-corrected chi connectivity index (χ3v) is 3.48. The first-order valence-electron chi connectivity index (χ1n) is 6.94. The summed E-state index contributed by atoms with van der Waals surface area (Å²) in [5.74, 6) is 0.0465. The van der Waals surface area contributed by atoms with Gasteiger partial charge in [0.1, 0.15) is 5.75 Å². The number of ether oxygens (including phenoxy) is 1. The lowest BCUT2D eigenvalue weighted by atomic mass is 9.91. The molecule has 1 atom stereocenters. The van der Waals surface area contributed by atoms with Gasteiger partial charge in [-0.15, -0.1) is 0 Å². The van der Waals surface area contributed by atoms with Crippen LogP contribution in [0.3, 0.4) is 0 Å². The van der Waals surface area contributed by atoms with Crippen LogP contribution >= 0.6 is 0 Å². The Kier molecular flexibility index (Phi) is 6.40. The van der Waals surface area contributed by atoms with Crippen LogP contribution in [-0.4, -0.2) is 18.2 Å². The van der Waals surface area contributed by atoms with Gasteiger partial charge in [-0.3, -0.25) is 4.79 Å². The maximum atomic E-state index is 11.8. The van der Waals surface area contributed by atoms with Crippen LogP contribution in [0.25, 0.3) is 0 Å². The van der Waals surface area contributed by atoms with Crippen molar-refractivity contribution in [3.05, 3.63) is 29.3 Å². The molecule has 106 valence electrons. The fraction of sp³-hybridized carbons (Fsp3) is 0.562. The van der Waals surface area contributed by atoms with E-state index in [-0.39, 0.29) is 17.6 Å². The highest BCUT2D eigenvalue weighted by Crippen LogP contribution is 2.22. The highest BCUT2D eigenvalue weighted by Gasteiger charge is 2.20. The Morgan fingerprint density at radius 2 is 2.11 bits per heavy atom. The Morgan fingerprint density at radius 1 is 1.37 bits per heavy atom. The topological polar surface area (TPSA) is 46.5 Å². The molecule has 0 aliphatic rings. The van der Waals surface area contributed by atoms with E-state index in [1.807, 2.05) is 13.0 Å². The molecular weight excluding hydrogens is 240 g/mol. The monoisotopic (exact) mass is 264 g/mol. The number of unbranched alkanes of at least 4 members (excludes halogenated alkanes) is 2. The van der Waals surface area contributed by atoms with Crippen LogP contribution < -0.4 is 0 Å². The van der Waals surface area contributed by atoms with Crippen molar-refractivity contribution < 1.29 is 14.6 Å². The first-order chi connectivity index (χ1) is 9.08. The molecule has 1 N–H and O–H groups in total. The van der Waals surface area contributed by atoms with Gasteiger partial charge in [0, 0.05) is 0 Å². The minimum absolute atomic E-state index is 0.0835. The molecule has 0 radical (unpaired) electrons. The lowest BCUT2D eigenvalue weighted by Crippen LogP contribution is -2.19. The van der Waals surface area contributed by atoms with E-state index in [9.17, 15) is 9.90 Å². The predicted octanol–water partition coefficient (Wildman–Crippen LogP) is 3.61. The van der Waals surface area contributed by atoms with E-state index in [4.69, 9.17) is 4.74 Å². The van der Waals surface area contributed by atoms with Crippen LogP contribution in [0, 0.1) is 12.8 Å². The average molecular weight is 264 g/mol. The minimum Gasteiger partial charge on any atom is -0.508 e. The second kappa shape index (κ2) is 7.82. The molecule has 0 aliphatic heterocycles. The van der Waals surface area contributed by atoms with Gasteiger partial charge in [-0.25, -0.2) is 0 Å². The van der Waals surface area contributed by atoms with Gasteiger partial charge in [0.05, 0.1) is 13.0 Å². The van der Waals surface area contributed by atoms with E-state index in [0.29, 0.717) is 6.42 Å². The maximum Gasteiger partial charge on any atom is 0.308 e. The first-order valence-corrected chi connectivity index (χ1v) is 6.94.